The third kappa shape index (κ3) is 5.95. The average molecular weight is 403 g/mol. The summed E-state index contributed by atoms with van der Waals surface area (Å²) in [5, 5.41) is 10.3. The van der Waals surface area contributed by atoms with Crippen molar-refractivity contribution in [2.45, 2.75) is 12.5 Å². The van der Waals surface area contributed by atoms with Gasteiger partial charge in [0.15, 0.2) is 0 Å². The molecule has 2 heterocycles. The Morgan fingerprint density at radius 3 is 2.54 bits per heavy atom. The summed E-state index contributed by atoms with van der Waals surface area (Å²) in [6.45, 7) is 5.41. The second-order valence-electron chi connectivity index (χ2n) is 7.15. The Balaban J connectivity index is 1.45. The van der Waals surface area contributed by atoms with Crippen molar-refractivity contribution in [3.63, 3.8) is 0 Å². The first-order valence-corrected chi connectivity index (χ1v) is 10.7. The van der Waals surface area contributed by atoms with E-state index in [0.717, 1.165) is 38.3 Å². The van der Waals surface area contributed by atoms with E-state index in [0.29, 0.717) is 13.1 Å². The molecule has 7 heteroatoms. The Kier molecular flexibility index (Phi) is 7.71. The molecule has 1 atom stereocenters. The zero-order valence-corrected chi connectivity index (χ0v) is 17.5. The maximum atomic E-state index is 12.3. The van der Waals surface area contributed by atoms with Crippen LogP contribution in [0.3, 0.4) is 0 Å². The van der Waals surface area contributed by atoms with E-state index in [9.17, 15) is 4.79 Å². The Morgan fingerprint density at radius 2 is 1.89 bits per heavy atom. The van der Waals surface area contributed by atoms with Gasteiger partial charge in [0.2, 0.25) is 0 Å². The maximum Gasteiger partial charge on any atom is 0.314 e. The molecule has 1 aromatic heterocycles. The predicted octanol–water partition coefficient (Wildman–Crippen LogP) is 2.59. The molecule has 0 unspecified atom stereocenters. The molecule has 0 spiro atoms. The van der Waals surface area contributed by atoms with Gasteiger partial charge in [0.1, 0.15) is 5.75 Å². The second kappa shape index (κ2) is 10.5. The van der Waals surface area contributed by atoms with Crippen LogP contribution in [0.5, 0.6) is 5.75 Å². The number of nitrogens with one attached hydrogen (secondary N) is 2. The number of hydrogen-bond acceptors (Lipinski definition) is 5. The lowest BCUT2D eigenvalue weighted by Crippen LogP contribution is -2.49. The SMILES string of the molecule is COc1ccc(CCNC(=O)NC[C@@H](c2ccsc2)N2CCN(C)CC2)cc1. The first-order chi connectivity index (χ1) is 13.7. The topological polar surface area (TPSA) is 56.8 Å². The van der Waals surface area contributed by atoms with Gasteiger partial charge < -0.3 is 20.3 Å². The van der Waals surface area contributed by atoms with Crippen molar-refractivity contribution in [1.82, 2.24) is 20.4 Å². The summed E-state index contributed by atoms with van der Waals surface area (Å²) in [5.41, 5.74) is 2.46. The van der Waals surface area contributed by atoms with E-state index < -0.39 is 0 Å². The number of hydrogen-bond donors (Lipinski definition) is 2. The van der Waals surface area contributed by atoms with Crippen molar-refractivity contribution in [3.8, 4) is 5.75 Å². The number of likely N-dealkylation sites (N-methyl/N-ethyl adjacent to an activating group) is 1. The van der Waals surface area contributed by atoms with Crippen molar-refractivity contribution >= 4 is 17.4 Å². The van der Waals surface area contributed by atoms with Crippen molar-refractivity contribution in [2.24, 2.45) is 0 Å². The fourth-order valence-corrected chi connectivity index (χ4v) is 4.13. The van der Waals surface area contributed by atoms with Crippen LogP contribution in [0.4, 0.5) is 4.79 Å². The summed E-state index contributed by atoms with van der Waals surface area (Å²) >= 11 is 1.71. The molecule has 2 N–H and O–H groups in total. The van der Waals surface area contributed by atoms with Gasteiger partial charge in [-0.25, -0.2) is 4.79 Å². The number of amides is 2. The Hall–Kier alpha value is -2.09. The summed E-state index contributed by atoms with van der Waals surface area (Å²) in [4.78, 5) is 17.1. The maximum absolute atomic E-state index is 12.3. The van der Waals surface area contributed by atoms with Gasteiger partial charge in [-0.15, -0.1) is 0 Å². The quantitative estimate of drug-likeness (QED) is 0.713. The molecule has 1 saturated heterocycles. The number of carbonyl (C=O) groups is 1. The number of ether oxygens (including phenoxy) is 1. The molecule has 1 aromatic carbocycles. The number of rotatable bonds is 8. The molecule has 0 bridgehead atoms. The highest BCUT2D eigenvalue weighted by atomic mass is 32.1. The van der Waals surface area contributed by atoms with Gasteiger partial charge in [0, 0.05) is 39.3 Å². The third-order valence-electron chi connectivity index (χ3n) is 5.22. The second-order valence-corrected chi connectivity index (χ2v) is 7.93. The third-order valence-corrected chi connectivity index (χ3v) is 5.92. The smallest absolute Gasteiger partial charge is 0.314 e. The molecule has 28 heavy (non-hydrogen) atoms. The van der Waals surface area contributed by atoms with E-state index in [2.05, 4.69) is 44.3 Å². The fourth-order valence-electron chi connectivity index (χ4n) is 3.42. The molecular weight excluding hydrogens is 372 g/mol. The minimum atomic E-state index is -0.108. The van der Waals surface area contributed by atoms with Gasteiger partial charge in [-0.3, -0.25) is 4.90 Å². The molecule has 1 aliphatic rings. The number of carbonyl (C=O) groups excluding carboxylic acids is 1. The lowest BCUT2D eigenvalue weighted by Gasteiger charge is -2.38. The Labute approximate surface area is 171 Å². The minimum absolute atomic E-state index is 0.108. The van der Waals surface area contributed by atoms with Crippen LogP contribution in [0.2, 0.25) is 0 Å². The normalized spacial score (nSPS) is 16.5. The van der Waals surface area contributed by atoms with Gasteiger partial charge in [0.05, 0.1) is 13.2 Å². The highest BCUT2D eigenvalue weighted by molar-refractivity contribution is 7.07. The zero-order chi connectivity index (χ0) is 19.8. The van der Waals surface area contributed by atoms with Crippen LogP contribution in [-0.2, 0) is 6.42 Å². The number of thiophene rings is 1. The molecule has 2 amide bonds. The van der Waals surface area contributed by atoms with Gasteiger partial charge in [-0.2, -0.15) is 11.3 Å². The summed E-state index contributed by atoms with van der Waals surface area (Å²) in [6.07, 6.45) is 0.795. The van der Waals surface area contributed by atoms with Gasteiger partial charge in [-0.1, -0.05) is 12.1 Å². The van der Waals surface area contributed by atoms with E-state index in [1.807, 2.05) is 24.3 Å². The molecule has 1 aliphatic heterocycles. The summed E-state index contributed by atoms with van der Waals surface area (Å²) in [7, 11) is 3.82. The first-order valence-electron chi connectivity index (χ1n) is 9.75. The van der Waals surface area contributed by atoms with E-state index in [-0.39, 0.29) is 12.1 Å². The van der Waals surface area contributed by atoms with Crippen LogP contribution >= 0.6 is 11.3 Å². The van der Waals surface area contributed by atoms with E-state index in [1.54, 1.807) is 18.4 Å². The van der Waals surface area contributed by atoms with Crippen molar-refractivity contribution in [1.29, 1.82) is 0 Å². The number of piperazine rings is 1. The number of benzene rings is 1. The highest BCUT2D eigenvalue weighted by Gasteiger charge is 2.24. The van der Waals surface area contributed by atoms with E-state index >= 15 is 0 Å². The largest absolute Gasteiger partial charge is 0.497 e. The standard InChI is InChI=1S/C21H30N4O2S/c1-24-10-12-25(13-11-24)20(18-8-14-28-16-18)15-23-21(26)22-9-7-17-3-5-19(27-2)6-4-17/h3-6,8,14,16,20H,7,9-13,15H2,1-2H3,(H2,22,23,26)/t20-/m0/s1. The first kappa shape index (κ1) is 20.6. The minimum Gasteiger partial charge on any atom is -0.497 e. The highest BCUT2D eigenvalue weighted by Crippen LogP contribution is 2.23. The zero-order valence-electron chi connectivity index (χ0n) is 16.7. The molecule has 0 aliphatic carbocycles. The molecule has 3 rings (SSSR count). The molecule has 0 radical (unpaired) electrons. The van der Waals surface area contributed by atoms with Crippen molar-refractivity contribution in [3.05, 3.63) is 52.2 Å². The molecule has 152 valence electrons. The molecular formula is C21H30N4O2S. The van der Waals surface area contributed by atoms with Crippen molar-refractivity contribution in [2.75, 3.05) is 53.4 Å². The van der Waals surface area contributed by atoms with Gasteiger partial charge in [-0.05, 0) is 53.6 Å². The molecule has 0 saturated carbocycles. The summed E-state index contributed by atoms with van der Waals surface area (Å²) in [5.74, 6) is 0.845. The van der Waals surface area contributed by atoms with Gasteiger partial charge in [0.25, 0.3) is 0 Å². The van der Waals surface area contributed by atoms with Gasteiger partial charge >= 0.3 is 6.03 Å². The fraction of sp³-hybridized carbons (Fsp3) is 0.476. The van der Waals surface area contributed by atoms with Crippen LogP contribution < -0.4 is 15.4 Å². The number of methoxy groups -OCH3 is 1. The van der Waals surface area contributed by atoms with Crippen molar-refractivity contribution < 1.29 is 9.53 Å². The van der Waals surface area contributed by atoms with E-state index in [4.69, 9.17) is 4.74 Å². The predicted molar refractivity (Wildman–Crippen MR) is 114 cm³/mol. The van der Waals surface area contributed by atoms with Crippen LogP contribution in [0.1, 0.15) is 17.2 Å². The monoisotopic (exact) mass is 402 g/mol. The van der Waals surface area contributed by atoms with Crippen LogP contribution in [0.15, 0.2) is 41.1 Å². The van der Waals surface area contributed by atoms with Crippen LogP contribution in [0, 0.1) is 0 Å². The molecule has 1 fully saturated rings. The van der Waals surface area contributed by atoms with Crippen LogP contribution in [0.25, 0.3) is 0 Å². The summed E-state index contributed by atoms with van der Waals surface area (Å²) in [6, 6.07) is 10.2. The lowest BCUT2D eigenvalue weighted by molar-refractivity contribution is 0.111. The Bertz CT molecular complexity index is 713. The number of urea groups is 1. The summed E-state index contributed by atoms with van der Waals surface area (Å²) < 4.78 is 5.17. The Morgan fingerprint density at radius 1 is 1.14 bits per heavy atom. The molecule has 6 nitrogen and oxygen atoms in total. The average Bonchev–Trinajstić information content (AvgIpc) is 3.24. The lowest BCUT2D eigenvalue weighted by atomic mass is 10.1. The van der Waals surface area contributed by atoms with E-state index in [1.165, 1.54) is 11.1 Å². The van der Waals surface area contributed by atoms with Crippen LogP contribution in [-0.4, -0.2) is 69.3 Å². The molecule has 2 aromatic rings. The number of nitrogens with zero attached hydrogens (tertiary/aromatic N) is 2.